The van der Waals surface area contributed by atoms with Gasteiger partial charge in [0, 0.05) is 35.0 Å². The highest BCUT2D eigenvalue weighted by atomic mass is 35.5. The zero-order valence-electron chi connectivity index (χ0n) is 19.3. The van der Waals surface area contributed by atoms with Crippen LogP contribution in [0.4, 0.5) is 0 Å². The standard InChI is InChI=1S/C26H27Cl2NO4S/c1-26(2,3)33-23(31)13-10-18-6-4-5-7-20(18)34-21-11-8-19(24(27)25(21)28)9-12-22(30)29-14-16-32-17-15-29/h4-13H,14-17H2,1-3H3/b12-9+,13-10+. The lowest BCUT2D eigenvalue weighted by molar-refractivity contribution is -0.148. The third kappa shape index (κ3) is 7.64. The number of rotatable bonds is 6. The molecule has 0 saturated carbocycles. The maximum atomic E-state index is 12.4. The van der Waals surface area contributed by atoms with Crippen molar-refractivity contribution in [1.82, 2.24) is 4.90 Å². The van der Waals surface area contributed by atoms with Gasteiger partial charge in [0.1, 0.15) is 5.60 Å². The van der Waals surface area contributed by atoms with E-state index in [-0.39, 0.29) is 5.91 Å². The molecular weight excluding hydrogens is 493 g/mol. The summed E-state index contributed by atoms with van der Waals surface area (Å²) in [6.07, 6.45) is 6.32. The first-order chi connectivity index (χ1) is 16.1. The minimum absolute atomic E-state index is 0.0837. The molecule has 8 heteroatoms. The number of benzene rings is 2. The maximum absolute atomic E-state index is 12.4. The minimum atomic E-state index is -0.553. The molecule has 3 rings (SSSR count). The van der Waals surface area contributed by atoms with Gasteiger partial charge >= 0.3 is 5.97 Å². The van der Waals surface area contributed by atoms with Gasteiger partial charge in [0.05, 0.1) is 23.3 Å². The summed E-state index contributed by atoms with van der Waals surface area (Å²) in [7, 11) is 0. The number of carbonyl (C=O) groups excluding carboxylic acids is 2. The van der Waals surface area contributed by atoms with E-state index in [0.717, 1.165) is 15.4 Å². The molecule has 1 fully saturated rings. The zero-order chi connectivity index (χ0) is 24.7. The van der Waals surface area contributed by atoms with E-state index in [4.69, 9.17) is 32.7 Å². The van der Waals surface area contributed by atoms with Crippen molar-refractivity contribution in [2.45, 2.75) is 36.2 Å². The lowest BCUT2D eigenvalue weighted by Crippen LogP contribution is -2.39. The second kappa shape index (κ2) is 11.9. The van der Waals surface area contributed by atoms with E-state index in [9.17, 15) is 9.59 Å². The smallest absolute Gasteiger partial charge is 0.331 e. The summed E-state index contributed by atoms with van der Waals surface area (Å²) in [5, 5.41) is 0.776. The Morgan fingerprint density at radius 1 is 0.941 bits per heavy atom. The minimum Gasteiger partial charge on any atom is -0.457 e. The first-order valence-electron chi connectivity index (χ1n) is 10.8. The van der Waals surface area contributed by atoms with Gasteiger partial charge in [-0.25, -0.2) is 4.79 Å². The molecule has 1 aliphatic rings. The molecule has 180 valence electrons. The monoisotopic (exact) mass is 519 g/mol. The quantitative estimate of drug-likeness (QED) is 0.327. The molecule has 1 aliphatic heterocycles. The van der Waals surface area contributed by atoms with E-state index in [2.05, 4.69) is 0 Å². The van der Waals surface area contributed by atoms with Gasteiger partial charge in [-0.2, -0.15) is 0 Å². The van der Waals surface area contributed by atoms with Crippen molar-refractivity contribution in [3.8, 4) is 0 Å². The molecule has 0 bridgehead atoms. The number of ether oxygens (including phenoxy) is 2. The highest BCUT2D eigenvalue weighted by Crippen LogP contribution is 2.40. The van der Waals surface area contributed by atoms with Crippen LogP contribution >= 0.6 is 35.0 Å². The first kappa shape index (κ1) is 26.4. The summed E-state index contributed by atoms with van der Waals surface area (Å²) in [4.78, 5) is 27.8. The highest BCUT2D eigenvalue weighted by molar-refractivity contribution is 7.99. The van der Waals surface area contributed by atoms with Crippen molar-refractivity contribution in [3.05, 3.63) is 69.7 Å². The number of carbonyl (C=O) groups is 2. The molecule has 2 aromatic rings. The number of esters is 1. The molecule has 0 radical (unpaired) electrons. The predicted molar refractivity (Wildman–Crippen MR) is 138 cm³/mol. The molecular formula is C26H27Cl2NO4S. The summed E-state index contributed by atoms with van der Waals surface area (Å²) in [5.41, 5.74) is 0.963. The van der Waals surface area contributed by atoms with Crippen molar-refractivity contribution in [3.63, 3.8) is 0 Å². The van der Waals surface area contributed by atoms with Gasteiger partial charge in [-0.3, -0.25) is 4.79 Å². The van der Waals surface area contributed by atoms with Crippen LogP contribution < -0.4 is 0 Å². The maximum Gasteiger partial charge on any atom is 0.331 e. The molecule has 0 spiro atoms. The lowest BCUT2D eigenvalue weighted by atomic mass is 10.2. The van der Waals surface area contributed by atoms with Crippen LogP contribution in [-0.2, 0) is 19.1 Å². The average molecular weight is 520 g/mol. The number of amides is 1. The number of halogens is 2. The normalized spacial score (nSPS) is 14.7. The molecule has 0 aliphatic carbocycles. The van der Waals surface area contributed by atoms with Crippen LogP contribution in [0.25, 0.3) is 12.2 Å². The Bertz CT molecular complexity index is 1100. The molecule has 34 heavy (non-hydrogen) atoms. The molecule has 0 aromatic heterocycles. The Kier molecular flexibility index (Phi) is 9.25. The van der Waals surface area contributed by atoms with E-state index in [1.165, 1.54) is 23.9 Å². The Balaban J connectivity index is 1.74. The fourth-order valence-corrected chi connectivity index (χ4v) is 4.66. The molecule has 0 unspecified atom stereocenters. The Hall–Kier alpha value is -2.25. The second-order valence-electron chi connectivity index (χ2n) is 8.56. The summed E-state index contributed by atoms with van der Waals surface area (Å²) in [6.45, 7) is 7.73. The second-order valence-corrected chi connectivity index (χ2v) is 10.4. The SMILES string of the molecule is CC(C)(C)OC(=O)/C=C/c1ccccc1Sc1ccc(/C=C/C(=O)N2CCOCC2)c(Cl)c1Cl. The molecule has 0 atom stereocenters. The number of hydrogen-bond donors (Lipinski definition) is 0. The van der Waals surface area contributed by atoms with Crippen LogP contribution in [0.2, 0.25) is 10.0 Å². The van der Waals surface area contributed by atoms with Crippen LogP contribution in [0, 0.1) is 0 Å². The Labute approximate surface area is 214 Å². The topological polar surface area (TPSA) is 55.8 Å². The molecule has 5 nitrogen and oxygen atoms in total. The van der Waals surface area contributed by atoms with Crippen LogP contribution in [0.1, 0.15) is 31.9 Å². The van der Waals surface area contributed by atoms with Crippen LogP contribution in [-0.4, -0.2) is 48.7 Å². The van der Waals surface area contributed by atoms with Gasteiger partial charge in [0.2, 0.25) is 5.91 Å². The predicted octanol–water partition coefficient (Wildman–Crippen LogP) is 6.37. The number of morpholine rings is 1. The van der Waals surface area contributed by atoms with Crippen LogP contribution in [0.15, 0.2) is 58.3 Å². The van der Waals surface area contributed by atoms with Gasteiger partial charge in [-0.05, 0) is 56.2 Å². The van der Waals surface area contributed by atoms with E-state index >= 15 is 0 Å². The summed E-state index contributed by atoms with van der Waals surface area (Å²) in [6, 6.07) is 11.4. The molecule has 0 N–H and O–H groups in total. The van der Waals surface area contributed by atoms with E-state index in [0.29, 0.717) is 41.9 Å². The Morgan fingerprint density at radius 2 is 1.62 bits per heavy atom. The molecule has 1 saturated heterocycles. The molecule has 2 aromatic carbocycles. The van der Waals surface area contributed by atoms with Crippen molar-refractivity contribution in [1.29, 1.82) is 0 Å². The summed E-state index contributed by atoms with van der Waals surface area (Å²) < 4.78 is 10.6. The van der Waals surface area contributed by atoms with E-state index in [1.54, 1.807) is 17.1 Å². The first-order valence-corrected chi connectivity index (χ1v) is 12.4. The van der Waals surface area contributed by atoms with Gasteiger partial charge in [-0.15, -0.1) is 0 Å². The van der Waals surface area contributed by atoms with Crippen molar-refractivity contribution in [2.75, 3.05) is 26.3 Å². The number of nitrogens with zero attached hydrogens (tertiary/aromatic N) is 1. The highest BCUT2D eigenvalue weighted by Gasteiger charge is 2.16. The average Bonchev–Trinajstić information content (AvgIpc) is 2.80. The van der Waals surface area contributed by atoms with E-state index in [1.807, 2.05) is 57.2 Å². The fourth-order valence-electron chi connectivity index (χ4n) is 3.13. The molecule has 1 heterocycles. The van der Waals surface area contributed by atoms with Crippen LogP contribution in [0.3, 0.4) is 0 Å². The lowest BCUT2D eigenvalue weighted by Gasteiger charge is -2.25. The largest absolute Gasteiger partial charge is 0.457 e. The zero-order valence-corrected chi connectivity index (χ0v) is 21.7. The van der Waals surface area contributed by atoms with Gasteiger partial charge in [0.25, 0.3) is 0 Å². The van der Waals surface area contributed by atoms with Gasteiger partial charge in [-0.1, -0.05) is 59.2 Å². The van der Waals surface area contributed by atoms with E-state index < -0.39 is 11.6 Å². The third-order valence-electron chi connectivity index (χ3n) is 4.75. The fraction of sp³-hybridized carbons (Fsp3) is 0.308. The van der Waals surface area contributed by atoms with Crippen molar-refractivity contribution in [2.24, 2.45) is 0 Å². The van der Waals surface area contributed by atoms with Crippen molar-refractivity contribution >= 4 is 59.0 Å². The van der Waals surface area contributed by atoms with Crippen LogP contribution in [0.5, 0.6) is 0 Å². The van der Waals surface area contributed by atoms with Crippen molar-refractivity contribution < 1.29 is 19.1 Å². The summed E-state index contributed by atoms with van der Waals surface area (Å²) in [5.74, 6) is -0.490. The van der Waals surface area contributed by atoms with Gasteiger partial charge < -0.3 is 14.4 Å². The third-order valence-corrected chi connectivity index (χ3v) is 6.91. The Morgan fingerprint density at radius 3 is 2.32 bits per heavy atom. The van der Waals surface area contributed by atoms with Gasteiger partial charge in [0.15, 0.2) is 0 Å². The summed E-state index contributed by atoms with van der Waals surface area (Å²) >= 11 is 14.5. The molecule has 1 amide bonds. The number of hydrogen-bond acceptors (Lipinski definition) is 5.